The van der Waals surface area contributed by atoms with Gasteiger partial charge in [0.05, 0.1) is 5.52 Å². The molecule has 1 aromatic heterocycles. The number of para-hydroxylation sites is 1. The molecule has 1 atom stereocenters. The highest BCUT2D eigenvalue weighted by molar-refractivity contribution is 5.82. The van der Waals surface area contributed by atoms with Crippen LogP contribution >= 0.6 is 0 Å². The van der Waals surface area contributed by atoms with Gasteiger partial charge in [-0.2, -0.15) is 0 Å². The van der Waals surface area contributed by atoms with Gasteiger partial charge in [-0.15, -0.1) is 0 Å². The summed E-state index contributed by atoms with van der Waals surface area (Å²) in [7, 11) is 2.10. The predicted molar refractivity (Wildman–Crippen MR) is 84.7 cm³/mol. The first kappa shape index (κ1) is 13.6. The van der Waals surface area contributed by atoms with E-state index >= 15 is 0 Å². The van der Waals surface area contributed by atoms with E-state index in [0.717, 1.165) is 11.4 Å². The van der Waals surface area contributed by atoms with Gasteiger partial charge in [-0.25, -0.2) is 0 Å². The third kappa shape index (κ3) is 2.71. The number of aromatic nitrogens is 1. The van der Waals surface area contributed by atoms with Crippen molar-refractivity contribution in [2.45, 2.75) is 44.6 Å². The average molecular weight is 268 g/mol. The molecule has 0 saturated heterocycles. The summed E-state index contributed by atoms with van der Waals surface area (Å²) in [4.78, 5) is 4.49. The Hall–Kier alpha value is -1.41. The monoisotopic (exact) mass is 268 g/mol. The van der Waals surface area contributed by atoms with E-state index in [-0.39, 0.29) is 0 Å². The summed E-state index contributed by atoms with van der Waals surface area (Å²) in [5, 5.41) is 4.88. The van der Waals surface area contributed by atoms with Crippen molar-refractivity contribution in [1.82, 2.24) is 10.3 Å². The van der Waals surface area contributed by atoms with Crippen molar-refractivity contribution in [2.75, 3.05) is 7.05 Å². The second-order valence-corrected chi connectivity index (χ2v) is 5.94. The zero-order chi connectivity index (χ0) is 13.8. The van der Waals surface area contributed by atoms with Crippen molar-refractivity contribution in [3.8, 4) is 0 Å². The Morgan fingerprint density at radius 2 is 1.80 bits per heavy atom. The molecule has 1 fully saturated rings. The Morgan fingerprint density at radius 3 is 2.55 bits per heavy atom. The van der Waals surface area contributed by atoms with E-state index < -0.39 is 0 Å². The molecular formula is C18H24N2. The number of benzene rings is 1. The first-order valence-corrected chi connectivity index (χ1v) is 7.91. The summed E-state index contributed by atoms with van der Waals surface area (Å²) in [6.07, 6.45) is 10.2. The molecule has 0 spiro atoms. The van der Waals surface area contributed by atoms with E-state index in [1.165, 1.54) is 49.5 Å². The quantitative estimate of drug-likeness (QED) is 0.831. The molecule has 2 heteroatoms. The van der Waals surface area contributed by atoms with Crippen LogP contribution in [-0.4, -0.2) is 12.0 Å². The third-order valence-electron chi connectivity index (χ3n) is 4.70. The minimum absolute atomic E-state index is 0.459. The van der Waals surface area contributed by atoms with Gasteiger partial charge in [-0.1, -0.05) is 43.9 Å². The number of nitrogens with zero attached hydrogens (tertiary/aromatic N) is 1. The third-order valence-corrected chi connectivity index (χ3v) is 4.70. The van der Waals surface area contributed by atoms with Gasteiger partial charge in [-0.3, -0.25) is 4.98 Å². The Bertz CT molecular complexity index is 551. The van der Waals surface area contributed by atoms with Gasteiger partial charge in [-0.05, 0) is 43.5 Å². The maximum Gasteiger partial charge on any atom is 0.0705 e. The van der Waals surface area contributed by atoms with Gasteiger partial charge in [0, 0.05) is 17.6 Å². The lowest BCUT2D eigenvalue weighted by molar-refractivity contribution is 0.343. The minimum atomic E-state index is 0.459. The van der Waals surface area contributed by atoms with Crippen LogP contribution in [0.15, 0.2) is 36.5 Å². The van der Waals surface area contributed by atoms with E-state index in [1.54, 1.807) is 0 Å². The van der Waals surface area contributed by atoms with E-state index in [0.29, 0.717) is 6.04 Å². The normalized spacial score (nSPS) is 18.9. The first-order chi connectivity index (χ1) is 9.90. The highest BCUT2D eigenvalue weighted by atomic mass is 14.9. The Balaban J connectivity index is 1.98. The van der Waals surface area contributed by atoms with Crippen molar-refractivity contribution in [3.63, 3.8) is 0 Å². The molecule has 3 rings (SSSR count). The van der Waals surface area contributed by atoms with Crippen LogP contribution < -0.4 is 5.32 Å². The molecule has 1 saturated carbocycles. The number of pyridine rings is 1. The molecule has 0 bridgehead atoms. The van der Waals surface area contributed by atoms with Crippen molar-refractivity contribution in [1.29, 1.82) is 0 Å². The molecule has 1 N–H and O–H groups in total. The fraction of sp³-hybridized carbons (Fsp3) is 0.500. The molecule has 106 valence electrons. The van der Waals surface area contributed by atoms with Gasteiger partial charge in [0.25, 0.3) is 0 Å². The molecular weight excluding hydrogens is 244 g/mol. The smallest absolute Gasteiger partial charge is 0.0705 e. The molecule has 20 heavy (non-hydrogen) atoms. The number of hydrogen-bond donors (Lipinski definition) is 1. The van der Waals surface area contributed by atoms with Crippen molar-refractivity contribution >= 4 is 10.9 Å². The van der Waals surface area contributed by atoms with Crippen LogP contribution in [-0.2, 0) is 0 Å². The maximum atomic E-state index is 4.49. The maximum absolute atomic E-state index is 4.49. The van der Waals surface area contributed by atoms with Gasteiger partial charge in [0.1, 0.15) is 0 Å². The zero-order valence-corrected chi connectivity index (χ0v) is 12.3. The molecule has 0 radical (unpaired) electrons. The van der Waals surface area contributed by atoms with Gasteiger partial charge < -0.3 is 5.32 Å². The molecule has 1 aromatic carbocycles. The van der Waals surface area contributed by atoms with Gasteiger partial charge in [0.15, 0.2) is 0 Å². The molecule has 1 aliphatic rings. The lowest BCUT2D eigenvalue weighted by Gasteiger charge is -2.27. The Labute approximate surface area is 121 Å². The summed E-state index contributed by atoms with van der Waals surface area (Å²) in [6.45, 7) is 0. The second-order valence-electron chi connectivity index (χ2n) is 5.94. The summed E-state index contributed by atoms with van der Waals surface area (Å²) >= 11 is 0. The Kier molecular flexibility index (Phi) is 4.31. The fourth-order valence-electron chi connectivity index (χ4n) is 3.68. The van der Waals surface area contributed by atoms with Crippen molar-refractivity contribution < 1.29 is 0 Å². The number of hydrogen-bond acceptors (Lipinski definition) is 2. The van der Waals surface area contributed by atoms with Crippen molar-refractivity contribution in [2.24, 2.45) is 5.92 Å². The zero-order valence-electron chi connectivity index (χ0n) is 12.3. The van der Waals surface area contributed by atoms with E-state index in [9.17, 15) is 0 Å². The summed E-state index contributed by atoms with van der Waals surface area (Å²) in [6, 6.07) is 11.2. The highest BCUT2D eigenvalue weighted by Gasteiger charge is 2.24. The van der Waals surface area contributed by atoms with E-state index in [4.69, 9.17) is 0 Å². The van der Waals surface area contributed by atoms with Gasteiger partial charge >= 0.3 is 0 Å². The summed E-state index contributed by atoms with van der Waals surface area (Å²) in [5.41, 5.74) is 2.53. The van der Waals surface area contributed by atoms with Crippen LogP contribution in [0.25, 0.3) is 10.9 Å². The largest absolute Gasteiger partial charge is 0.313 e. The number of fused-ring (bicyclic) bond motifs is 1. The van der Waals surface area contributed by atoms with Gasteiger partial charge in [0.2, 0.25) is 0 Å². The summed E-state index contributed by atoms with van der Waals surface area (Å²) < 4.78 is 0. The molecule has 2 nitrogen and oxygen atoms in total. The molecule has 1 aliphatic carbocycles. The predicted octanol–water partition coefficient (Wildman–Crippen LogP) is 4.47. The average Bonchev–Trinajstić information content (AvgIpc) is 2.78. The topological polar surface area (TPSA) is 24.9 Å². The van der Waals surface area contributed by atoms with Crippen molar-refractivity contribution in [3.05, 3.63) is 42.1 Å². The SMILES string of the molecule is CNC(c1ccnc2ccccc12)C1CCCCCC1. The van der Waals surface area contributed by atoms with Crippen LogP contribution in [0.1, 0.15) is 50.1 Å². The number of nitrogens with one attached hydrogen (secondary N) is 1. The van der Waals surface area contributed by atoms with E-state index in [2.05, 4.69) is 47.7 Å². The first-order valence-electron chi connectivity index (χ1n) is 7.91. The van der Waals surface area contributed by atoms with Crippen LogP contribution in [0.2, 0.25) is 0 Å². The van der Waals surface area contributed by atoms with Crippen LogP contribution in [0.3, 0.4) is 0 Å². The number of rotatable bonds is 3. The molecule has 1 unspecified atom stereocenters. The minimum Gasteiger partial charge on any atom is -0.313 e. The molecule has 0 aliphatic heterocycles. The molecule has 1 heterocycles. The standard InChI is InChI=1S/C18H24N2/c1-19-18(14-8-4-2-3-5-9-14)16-12-13-20-17-11-7-6-10-15(16)17/h6-7,10-14,18-19H,2-5,8-9H2,1H3. The Morgan fingerprint density at radius 1 is 1.05 bits per heavy atom. The van der Waals surface area contributed by atoms with Crippen LogP contribution in [0, 0.1) is 5.92 Å². The fourth-order valence-corrected chi connectivity index (χ4v) is 3.68. The van der Waals surface area contributed by atoms with Crippen LogP contribution in [0.4, 0.5) is 0 Å². The lowest BCUT2D eigenvalue weighted by Crippen LogP contribution is -2.25. The molecule has 0 amide bonds. The van der Waals surface area contributed by atoms with E-state index in [1.807, 2.05) is 6.20 Å². The highest BCUT2D eigenvalue weighted by Crippen LogP contribution is 2.35. The van der Waals surface area contributed by atoms with Crippen LogP contribution in [0.5, 0.6) is 0 Å². The molecule has 2 aromatic rings. The second kappa shape index (κ2) is 6.36. The summed E-state index contributed by atoms with van der Waals surface area (Å²) in [5.74, 6) is 0.758. The lowest BCUT2D eigenvalue weighted by atomic mass is 9.86.